The summed E-state index contributed by atoms with van der Waals surface area (Å²) in [7, 11) is 3.41. The highest BCUT2D eigenvalue weighted by Crippen LogP contribution is 2.41. The Kier molecular flexibility index (Phi) is 6.01. The van der Waals surface area contributed by atoms with E-state index in [1.807, 2.05) is 12.1 Å². The molecule has 9 heteroatoms. The van der Waals surface area contributed by atoms with Crippen LogP contribution >= 0.6 is 11.6 Å². The maximum Gasteiger partial charge on any atom is 0.253 e. The number of furan rings is 1. The summed E-state index contributed by atoms with van der Waals surface area (Å²) < 4.78 is 6.08. The smallest absolute Gasteiger partial charge is 0.253 e. The highest BCUT2D eigenvalue weighted by atomic mass is 35.5. The number of hydrogen-bond donors (Lipinski definition) is 3. The van der Waals surface area contributed by atoms with E-state index in [-0.39, 0.29) is 35.6 Å². The van der Waals surface area contributed by atoms with Gasteiger partial charge in [-0.2, -0.15) is 4.98 Å². The van der Waals surface area contributed by atoms with Gasteiger partial charge in [0.1, 0.15) is 22.3 Å². The Hall–Kier alpha value is -2.84. The summed E-state index contributed by atoms with van der Waals surface area (Å²) in [5.74, 6) is 1.85. The van der Waals surface area contributed by atoms with Gasteiger partial charge in [-0.05, 0) is 42.4 Å². The molecule has 1 fully saturated rings. The average molecular weight is 458 g/mol. The molecule has 1 aliphatic rings. The van der Waals surface area contributed by atoms with Crippen molar-refractivity contribution >= 4 is 40.2 Å². The Morgan fingerprint density at radius 3 is 2.69 bits per heavy atom. The molecule has 4 N–H and O–H groups in total. The zero-order valence-electron chi connectivity index (χ0n) is 18.6. The quantitative estimate of drug-likeness (QED) is 0.497. The number of aromatic nitrogens is 2. The van der Waals surface area contributed by atoms with Crippen molar-refractivity contribution < 1.29 is 14.3 Å². The van der Waals surface area contributed by atoms with E-state index < -0.39 is 0 Å². The van der Waals surface area contributed by atoms with Crippen LogP contribution in [0.15, 0.2) is 28.7 Å². The molecule has 170 valence electrons. The van der Waals surface area contributed by atoms with Crippen LogP contribution in [0.4, 0.5) is 11.8 Å². The van der Waals surface area contributed by atoms with Crippen molar-refractivity contribution in [3.05, 3.63) is 35.0 Å². The van der Waals surface area contributed by atoms with Crippen LogP contribution in [-0.2, 0) is 0 Å². The van der Waals surface area contributed by atoms with Gasteiger partial charge in [-0.15, -0.1) is 0 Å². The van der Waals surface area contributed by atoms with Crippen LogP contribution in [0, 0.1) is 17.8 Å². The van der Waals surface area contributed by atoms with Gasteiger partial charge in [0.25, 0.3) is 5.91 Å². The largest absolute Gasteiger partial charge is 0.456 e. The normalized spacial score (nSPS) is 22.9. The number of carbonyl (C=O) groups excluding carboxylic acids is 1. The Balaban J connectivity index is 1.74. The SMILES string of the molecule is C[C@@H]1[C@@H](CO)C[C@@H](Nc2nc(N)nc(Cl)c2-c2cc3ccc(C(=O)N(C)C)cc3o2)[C@@H]1C. The number of nitrogens with one attached hydrogen (secondary N) is 1. The molecule has 1 aromatic carbocycles. The highest BCUT2D eigenvalue weighted by molar-refractivity contribution is 6.32. The number of nitrogen functional groups attached to an aromatic ring is 1. The summed E-state index contributed by atoms with van der Waals surface area (Å²) >= 11 is 6.49. The van der Waals surface area contributed by atoms with E-state index in [4.69, 9.17) is 21.8 Å². The summed E-state index contributed by atoms with van der Waals surface area (Å²) in [4.78, 5) is 22.4. The average Bonchev–Trinajstić information content (AvgIpc) is 3.27. The highest BCUT2D eigenvalue weighted by Gasteiger charge is 2.38. The van der Waals surface area contributed by atoms with E-state index in [0.717, 1.165) is 11.8 Å². The molecule has 3 aromatic rings. The Morgan fingerprint density at radius 1 is 1.28 bits per heavy atom. The van der Waals surface area contributed by atoms with Crippen LogP contribution in [0.2, 0.25) is 5.15 Å². The molecule has 4 atom stereocenters. The molecule has 8 nitrogen and oxygen atoms in total. The number of nitrogens with zero attached hydrogens (tertiary/aromatic N) is 3. The fourth-order valence-electron chi connectivity index (χ4n) is 4.48. The van der Waals surface area contributed by atoms with Gasteiger partial charge < -0.3 is 25.5 Å². The number of anilines is 2. The molecule has 4 rings (SSSR count). The summed E-state index contributed by atoms with van der Waals surface area (Å²) in [5.41, 5.74) is 7.51. The van der Waals surface area contributed by atoms with Crippen molar-refractivity contribution in [2.45, 2.75) is 26.3 Å². The van der Waals surface area contributed by atoms with Gasteiger partial charge >= 0.3 is 0 Å². The van der Waals surface area contributed by atoms with Gasteiger partial charge in [-0.1, -0.05) is 31.5 Å². The van der Waals surface area contributed by atoms with Gasteiger partial charge in [0.15, 0.2) is 0 Å². The second-order valence-corrected chi connectivity index (χ2v) is 9.16. The molecule has 0 spiro atoms. The molecule has 1 saturated carbocycles. The first-order valence-corrected chi connectivity index (χ1v) is 11.0. The maximum atomic E-state index is 12.3. The monoisotopic (exact) mass is 457 g/mol. The molecular formula is C23H28ClN5O3. The second-order valence-electron chi connectivity index (χ2n) is 8.81. The summed E-state index contributed by atoms with van der Waals surface area (Å²) in [6.07, 6.45) is 0.815. The number of halogens is 1. The van der Waals surface area contributed by atoms with Crippen molar-refractivity contribution in [3.8, 4) is 11.3 Å². The van der Waals surface area contributed by atoms with Gasteiger partial charge in [0, 0.05) is 37.7 Å². The summed E-state index contributed by atoms with van der Waals surface area (Å²) in [6.45, 7) is 4.47. The third kappa shape index (κ3) is 4.00. The lowest BCUT2D eigenvalue weighted by Gasteiger charge is -2.21. The van der Waals surface area contributed by atoms with Gasteiger partial charge in [-0.3, -0.25) is 4.79 Å². The molecule has 1 amide bonds. The van der Waals surface area contributed by atoms with Gasteiger partial charge in [0.2, 0.25) is 5.95 Å². The Labute approximate surface area is 191 Å². The molecule has 32 heavy (non-hydrogen) atoms. The summed E-state index contributed by atoms with van der Waals surface area (Å²) in [5, 5.41) is 14.2. The van der Waals surface area contributed by atoms with Crippen LogP contribution in [-0.4, -0.2) is 52.6 Å². The predicted octanol–water partition coefficient (Wildman–Crippen LogP) is 3.89. The fourth-order valence-corrected chi connectivity index (χ4v) is 4.75. The zero-order chi connectivity index (χ0) is 23.2. The molecule has 2 heterocycles. The number of benzene rings is 1. The van der Waals surface area contributed by atoms with Crippen molar-refractivity contribution in [2.24, 2.45) is 17.8 Å². The first-order chi connectivity index (χ1) is 15.2. The standard InChI is InChI=1S/C23H28ClN5O3/c1-11-12(2)16(7-15(11)10-30)26-21-19(20(24)27-23(25)28-21)18-8-13-5-6-14(9-17(13)32-18)22(31)29(3)4/h5-6,8-9,11-12,15-16,30H,7,10H2,1-4H3,(H3,25,26,27,28)/t11-,12+,15+,16+/m0/s1. The van der Waals surface area contributed by atoms with E-state index >= 15 is 0 Å². The van der Waals surface area contributed by atoms with Crippen molar-refractivity contribution in [2.75, 3.05) is 31.8 Å². The van der Waals surface area contributed by atoms with Crippen molar-refractivity contribution in [1.29, 1.82) is 0 Å². The van der Waals surface area contributed by atoms with E-state index in [0.29, 0.717) is 40.1 Å². The number of hydrogen-bond acceptors (Lipinski definition) is 7. The number of rotatable bonds is 5. The molecule has 0 saturated heterocycles. The van der Waals surface area contributed by atoms with Crippen LogP contribution in [0.5, 0.6) is 0 Å². The van der Waals surface area contributed by atoms with Crippen LogP contribution in [0.25, 0.3) is 22.3 Å². The zero-order valence-corrected chi connectivity index (χ0v) is 19.3. The lowest BCUT2D eigenvalue weighted by molar-refractivity contribution is 0.0827. The van der Waals surface area contributed by atoms with Gasteiger partial charge in [0.05, 0.1) is 5.56 Å². The third-order valence-electron chi connectivity index (χ3n) is 6.62. The Bertz CT molecular complexity index is 1160. The minimum Gasteiger partial charge on any atom is -0.456 e. The first kappa shape index (κ1) is 22.4. The van der Waals surface area contributed by atoms with Crippen LogP contribution < -0.4 is 11.1 Å². The molecular weight excluding hydrogens is 430 g/mol. The number of aliphatic hydroxyl groups is 1. The van der Waals surface area contributed by atoms with Gasteiger partial charge in [-0.25, -0.2) is 4.98 Å². The molecule has 0 aliphatic heterocycles. The first-order valence-electron chi connectivity index (χ1n) is 10.7. The molecule has 1 aliphatic carbocycles. The number of carbonyl (C=O) groups is 1. The number of amides is 1. The topological polar surface area (TPSA) is 118 Å². The summed E-state index contributed by atoms with van der Waals surface area (Å²) in [6, 6.07) is 7.26. The number of nitrogens with two attached hydrogens (primary N) is 1. The van der Waals surface area contributed by atoms with E-state index in [1.54, 1.807) is 26.2 Å². The maximum absolute atomic E-state index is 12.3. The second kappa shape index (κ2) is 8.60. The van der Waals surface area contributed by atoms with E-state index in [2.05, 4.69) is 29.1 Å². The molecule has 0 radical (unpaired) electrons. The predicted molar refractivity (Wildman–Crippen MR) is 126 cm³/mol. The fraction of sp³-hybridized carbons (Fsp3) is 0.435. The molecule has 0 bridgehead atoms. The van der Waals surface area contributed by atoms with E-state index in [1.165, 1.54) is 4.90 Å². The van der Waals surface area contributed by atoms with Crippen molar-refractivity contribution in [1.82, 2.24) is 14.9 Å². The number of aliphatic hydroxyl groups excluding tert-OH is 1. The minimum atomic E-state index is -0.108. The van der Waals surface area contributed by atoms with Crippen LogP contribution in [0.3, 0.4) is 0 Å². The lowest BCUT2D eigenvalue weighted by Crippen LogP contribution is -2.25. The van der Waals surface area contributed by atoms with E-state index in [9.17, 15) is 9.90 Å². The van der Waals surface area contributed by atoms with Crippen molar-refractivity contribution in [3.63, 3.8) is 0 Å². The molecule has 2 aromatic heterocycles. The Morgan fingerprint density at radius 2 is 2.03 bits per heavy atom. The minimum absolute atomic E-state index is 0.0635. The van der Waals surface area contributed by atoms with Crippen LogP contribution in [0.1, 0.15) is 30.6 Å². The lowest BCUT2D eigenvalue weighted by atomic mass is 9.92. The third-order valence-corrected chi connectivity index (χ3v) is 6.90. The number of fused-ring (bicyclic) bond motifs is 1. The molecule has 0 unspecified atom stereocenters.